The van der Waals surface area contributed by atoms with Crippen molar-refractivity contribution in [1.82, 2.24) is 9.97 Å². The van der Waals surface area contributed by atoms with Crippen molar-refractivity contribution in [1.29, 1.82) is 0 Å². The van der Waals surface area contributed by atoms with E-state index in [0.29, 0.717) is 5.82 Å². The third-order valence-electron chi connectivity index (χ3n) is 3.74. The second-order valence-corrected chi connectivity index (χ2v) is 5.59. The zero-order valence-corrected chi connectivity index (χ0v) is 14.1. The van der Waals surface area contributed by atoms with E-state index in [0.717, 1.165) is 30.1 Å². The van der Waals surface area contributed by atoms with Crippen molar-refractivity contribution < 1.29 is 9.47 Å². The van der Waals surface area contributed by atoms with Crippen molar-refractivity contribution >= 4 is 0 Å². The van der Waals surface area contributed by atoms with E-state index in [1.807, 2.05) is 24.3 Å². The van der Waals surface area contributed by atoms with Crippen LogP contribution < -0.4 is 9.47 Å². The third-order valence-corrected chi connectivity index (χ3v) is 3.74. The standard InChI is InChI=1S/C19H26N2O2/c1-3-4-5-6-7-8-13-23-18-14-20-19(21-15-18)16-9-11-17(22-2)12-10-16/h9-12,14-15H,3-8,13H2,1-2H3. The number of methoxy groups -OCH3 is 1. The molecule has 0 aliphatic carbocycles. The van der Waals surface area contributed by atoms with Gasteiger partial charge in [-0.05, 0) is 30.7 Å². The van der Waals surface area contributed by atoms with Crippen LogP contribution in [0.25, 0.3) is 11.4 Å². The lowest BCUT2D eigenvalue weighted by atomic mass is 10.1. The Labute approximate surface area is 138 Å². The maximum Gasteiger partial charge on any atom is 0.159 e. The Morgan fingerprint density at radius 1 is 0.826 bits per heavy atom. The van der Waals surface area contributed by atoms with Crippen molar-refractivity contribution in [2.45, 2.75) is 45.4 Å². The molecule has 0 atom stereocenters. The van der Waals surface area contributed by atoms with Crippen molar-refractivity contribution in [3.8, 4) is 22.9 Å². The van der Waals surface area contributed by atoms with Gasteiger partial charge >= 0.3 is 0 Å². The van der Waals surface area contributed by atoms with Crippen molar-refractivity contribution in [2.24, 2.45) is 0 Å². The summed E-state index contributed by atoms with van der Waals surface area (Å²) in [5.74, 6) is 2.25. The molecule has 0 unspecified atom stereocenters. The molecular weight excluding hydrogens is 288 g/mol. The Bertz CT molecular complexity index is 553. The maximum atomic E-state index is 5.69. The molecule has 4 heteroatoms. The van der Waals surface area contributed by atoms with Gasteiger partial charge in [-0.25, -0.2) is 9.97 Å². The number of ether oxygens (including phenoxy) is 2. The highest BCUT2D eigenvalue weighted by Gasteiger charge is 2.02. The van der Waals surface area contributed by atoms with Gasteiger partial charge in [0, 0.05) is 5.56 Å². The first-order valence-corrected chi connectivity index (χ1v) is 8.42. The van der Waals surface area contributed by atoms with Crippen LogP contribution in [-0.2, 0) is 0 Å². The van der Waals surface area contributed by atoms with Crippen LogP contribution in [0.5, 0.6) is 11.5 Å². The second kappa shape index (κ2) is 9.82. The first kappa shape index (κ1) is 17.3. The first-order chi connectivity index (χ1) is 11.3. The summed E-state index contributed by atoms with van der Waals surface area (Å²) in [4.78, 5) is 8.73. The van der Waals surface area contributed by atoms with E-state index < -0.39 is 0 Å². The number of rotatable bonds is 10. The highest BCUT2D eigenvalue weighted by atomic mass is 16.5. The normalized spacial score (nSPS) is 10.5. The Morgan fingerprint density at radius 3 is 2.13 bits per heavy atom. The van der Waals surface area contributed by atoms with Gasteiger partial charge in [-0.15, -0.1) is 0 Å². The van der Waals surface area contributed by atoms with Crippen molar-refractivity contribution in [3.05, 3.63) is 36.7 Å². The van der Waals surface area contributed by atoms with E-state index in [9.17, 15) is 0 Å². The number of benzene rings is 1. The molecule has 1 aromatic heterocycles. The fourth-order valence-electron chi connectivity index (χ4n) is 2.35. The fraction of sp³-hybridized carbons (Fsp3) is 0.474. The van der Waals surface area contributed by atoms with E-state index in [-0.39, 0.29) is 0 Å². The van der Waals surface area contributed by atoms with Gasteiger partial charge in [-0.1, -0.05) is 39.0 Å². The Morgan fingerprint density at radius 2 is 1.48 bits per heavy atom. The van der Waals surface area contributed by atoms with Gasteiger partial charge in [-0.2, -0.15) is 0 Å². The summed E-state index contributed by atoms with van der Waals surface area (Å²) in [6.45, 7) is 2.97. The molecular formula is C19H26N2O2. The quantitative estimate of drug-likeness (QED) is 0.586. The molecule has 0 amide bonds. The van der Waals surface area contributed by atoms with Gasteiger partial charge < -0.3 is 9.47 Å². The number of hydrogen-bond donors (Lipinski definition) is 0. The molecule has 1 heterocycles. The summed E-state index contributed by atoms with van der Waals surface area (Å²) in [5.41, 5.74) is 0.966. The molecule has 4 nitrogen and oxygen atoms in total. The number of hydrogen-bond acceptors (Lipinski definition) is 4. The highest BCUT2D eigenvalue weighted by Crippen LogP contribution is 2.20. The molecule has 0 aliphatic rings. The fourth-order valence-corrected chi connectivity index (χ4v) is 2.35. The summed E-state index contributed by atoms with van der Waals surface area (Å²) in [5, 5.41) is 0. The number of unbranched alkanes of at least 4 members (excludes halogenated alkanes) is 5. The van der Waals surface area contributed by atoms with E-state index in [4.69, 9.17) is 9.47 Å². The lowest BCUT2D eigenvalue weighted by Gasteiger charge is -2.06. The third kappa shape index (κ3) is 5.89. The topological polar surface area (TPSA) is 44.2 Å². The lowest BCUT2D eigenvalue weighted by molar-refractivity contribution is 0.302. The molecule has 1 aromatic carbocycles. The molecule has 0 fully saturated rings. The minimum atomic E-state index is 0.694. The van der Waals surface area contributed by atoms with E-state index >= 15 is 0 Å². The molecule has 0 saturated heterocycles. The lowest BCUT2D eigenvalue weighted by Crippen LogP contribution is -1.99. The first-order valence-electron chi connectivity index (χ1n) is 8.42. The van der Waals surface area contributed by atoms with Crippen LogP contribution in [0.1, 0.15) is 45.4 Å². The van der Waals surface area contributed by atoms with Crippen LogP contribution >= 0.6 is 0 Å². The van der Waals surface area contributed by atoms with E-state index in [1.54, 1.807) is 19.5 Å². The average Bonchev–Trinajstić information content (AvgIpc) is 2.61. The second-order valence-electron chi connectivity index (χ2n) is 5.59. The Balaban J connectivity index is 1.75. The molecule has 0 bridgehead atoms. The molecule has 23 heavy (non-hydrogen) atoms. The van der Waals surface area contributed by atoms with Crippen LogP contribution in [0.3, 0.4) is 0 Å². The molecule has 2 rings (SSSR count). The smallest absolute Gasteiger partial charge is 0.159 e. The van der Waals surface area contributed by atoms with Crippen LogP contribution in [0.4, 0.5) is 0 Å². The molecule has 0 spiro atoms. The minimum absolute atomic E-state index is 0.694. The van der Waals surface area contributed by atoms with Gasteiger partial charge in [0.2, 0.25) is 0 Å². The largest absolute Gasteiger partial charge is 0.497 e. The van der Waals surface area contributed by atoms with Gasteiger partial charge in [0.05, 0.1) is 26.1 Å². The molecule has 0 aliphatic heterocycles. The van der Waals surface area contributed by atoms with Gasteiger partial charge in [0.25, 0.3) is 0 Å². The zero-order chi connectivity index (χ0) is 16.3. The van der Waals surface area contributed by atoms with Gasteiger partial charge in [0.15, 0.2) is 11.6 Å². The summed E-state index contributed by atoms with van der Waals surface area (Å²) >= 11 is 0. The van der Waals surface area contributed by atoms with E-state index in [2.05, 4.69) is 16.9 Å². The minimum Gasteiger partial charge on any atom is -0.497 e. The van der Waals surface area contributed by atoms with Crippen LogP contribution in [0.15, 0.2) is 36.7 Å². The summed E-state index contributed by atoms with van der Waals surface area (Å²) in [6, 6.07) is 7.71. The molecule has 2 aromatic rings. The predicted molar refractivity (Wildman–Crippen MR) is 92.9 cm³/mol. The molecule has 0 radical (unpaired) electrons. The molecule has 124 valence electrons. The predicted octanol–water partition coefficient (Wildman–Crippen LogP) is 4.89. The number of aromatic nitrogens is 2. The summed E-state index contributed by atoms with van der Waals surface area (Å²) in [7, 11) is 1.65. The average molecular weight is 314 g/mol. The Hall–Kier alpha value is -2.10. The van der Waals surface area contributed by atoms with Gasteiger partial charge in [-0.3, -0.25) is 0 Å². The maximum absolute atomic E-state index is 5.69. The number of nitrogens with zero attached hydrogens (tertiary/aromatic N) is 2. The SMILES string of the molecule is CCCCCCCCOc1cnc(-c2ccc(OC)cc2)nc1. The highest BCUT2D eigenvalue weighted by molar-refractivity contribution is 5.56. The molecule has 0 N–H and O–H groups in total. The monoisotopic (exact) mass is 314 g/mol. The van der Waals surface area contributed by atoms with Crippen molar-refractivity contribution in [2.75, 3.05) is 13.7 Å². The van der Waals surface area contributed by atoms with E-state index in [1.165, 1.54) is 32.1 Å². The van der Waals surface area contributed by atoms with Crippen LogP contribution in [0.2, 0.25) is 0 Å². The van der Waals surface area contributed by atoms with Crippen LogP contribution in [0, 0.1) is 0 Å². The zero-order valence-electron chi connectivity index (χ0n) is 14.1. The Kier molecular flexibility index (Phi) is 7.37. The van der Waals surface area contributed by atoms with Crippen LogP contribution in [-0.4, -0.2) is 23.7 Å². The van der Waals surface area contributed by atoms with Crippen molar-refractivity contribution in [3.63, 3.8) is 0 Å². The summed E-state index contributed by atoms with van der Waals surface area (Å²) in [6.07, 6.45) is 11.0. The summed E-state index contributed by atoms with van der Waals surface area (Å²) < 4.78 is 10.8. The molecule has 0 saturated carbocycles. The van der Waals surface area contributed by atoms with Gasteiger partial charge in [0.1, 0.15) is 5.75 Å².